The fourth-order valence-corrected chi connectivity index (χ4v) is 4.82. The normalized spacial score (nSPS) is 25.5. The van der Waals surface area contributed by atoms with Crippen LogP contribution in [0, 0.1) is 12.8 Å². The molecule has 2 atom stereocenters. The van der Waals surface area contributed by atoms with Gasteiger partial charge >= 0.3 is 0 Å². The molecule has 0 spiro atoms. The number of aryl methyl sites for hydroxylation is 1. The molecule has 1 aromatic carbocycles. The molecule has 0 saturated carbocycles. The summed E-state index contributed by atoms with van der Waals surface area (Å²) in [6, 6.07) is 4.54. The topological polar surface area (TPSA) is 76.2 Å². The van der Waals surface area contributed by atoms with Crippen molar-refractivity contribution in [3.05, 3.63) is 23.8 Å². The summed E-state index contributed by atoms with van der Waals surface area (Å²) in [7, 11) is -0.418. The van der Waals surface area contributed by atoms with Crippen LogP contribution in [0.1, 0.15) is 5.56 Å². The Bertz CT molecular complexity index is 749. The Morgan fingerprint density at radius 3 is 2.67 bits per heavy atom. The maximum absolute atomic E-state index is 13.1. The van der Waals surface area contributed by atoms with Crippen LogP contribution in [0.4, 0.5) is 0 Å². The van der Waals surface area contributed by atoms with Gasteiger partial charge in [-0.25, -0.2) is 8.42 Å². The molecular weight excluding hydrogens is 332 g/mol. The van der Waals surface area contributed by atoms with Crippen molar-refractivity contribution in [2.75, 3.05) is 40.5 Å². The lowest BCUT2D eigenvalue weighted by Crippen LogP contribution is -2.45. The number of hydrogen-bond acceptors (Lipinski definition) is 5. The number of carbonyl (C=O) groups is 1. The van der Waals surface area contributed by atoms with Crippen LogP contribution in [0.15, 0.2) is 23.1 Å². The minimum atomic E-state index is -3.68. The van der Waals surface area contributed by atoms with Crippen molar-refractivity contribution in [2.45, 2.75) is 17.9 Å². The molecule has 7 nitrogen and oxygen atoms in total. The Balaban J connectivity index is 1.95. The van der Waals surface area contributed by atoms with Gasteiger partial charge in [-0.3, -0.25) is 4.79 Å². The first kappa shape index (κ1) is 17.2. The van der Waals surface area contributed by atoms with Gasteiger partial charge in [-0.2, -0.15) is 4.31 Å². The zero-order chi connectivity index (χ0) is 17.5. The van der Waals surface area contributed by atoms with Crippen LogP contribution < -0.4 is 4.74 Å². The molecule has 1 aromatic rings. The molecule has 0 N–H and O–H groups in total. The summed E-state index contributed by atoms with van der Waals surface area (Å²) in [4.78, 5) is 14.2. The molecule has 0 aliphatic carbocycles. The van der Waals surface area contributed by atoms with Crippen LogP contribution in [0.25, 0.3) is 0 Å². The first-order valence-corrected chi connectivity index (χ1v) is 9.28. The summed E-state index contributed by atoms with van der Waals surface area (Å²) >= 11 is 0. The quantitative estimate of drug-likeness (QED) is 0.789. The van der Waals surface area contributed by atoms with Crippen molar-refractivity contribution in [1.82, 2.24) is 9.21 Å². The largest absolute Gasteiger partial charge is 0.496 e. The van der Waals surface area contributed by atoms with Gasteiger partial charge in [0.05, 0.1) is 37.2 Å². The van der Waals surface area contributed by atoms with Gasteiger partial charge in [-0.05, 0) is 30.7 Å². The lowest BCUT2D eigenvalue weighted by Gasteiger charge is -2.28. The highest BCUT2D eigenvalue weighted by molar-refractivity contribution is 7.89. The van der Waals surface area contributed by atoms with E-state index in [-0.39, 0.29) is 36.5 Å². The lowest BCUT2D eigenvalue weighted by atomic mass is 10.1. The number of amides is 1. The Morgan fingerprint density at radius 2 is 2.00 bits per heavy atom. The van der Waals surface area contributed by atoms with Crippen LogP contribution in [0.2, 0.25) is 0 Å². The second-order valence-corrected chi connectivity index (χ2v) is 8.23. The second kappa shape index (κ2) is 6.34. The molecule has 2 fully saturated rings. The summed E-state index contributed by atoms with van der Waals surface area (Å²) in [5, 5.41) is 0. The molecule has 2 heterocycles. The predicted octanol–water partition coefficient (Wildman–Crippen LogP) is 0.481. The van der Waals surface area contributed by atoms with Crippen molar-refractivity contribution in [2.24, 2.45) is 5.92 Å². The molecule has 2 aliphatic heterocycles. The number of methoxy groups -OCH3 is 1. The van der Waals surface area contributed by atoms with Gasteiger partial charge in [0.15, 0.2) is 0 Å². The van der Waals surface area contributed by atoms with Crippen molar-refractivity contribution in [1.29, 1.82) is 0 Å². The zero-order valence-electron chi connectivity index (χ0n) is 14.1. The highest BCUT2D eigenvalue weighted by Crippen LogP contribution is 2.27. The molecule has 8 heteroatoms. The van der Waals surface area contributed by atoms with Crippen LogP contribution in [0.3, 0.4) is 0 Å². The lowest BCUT2D eigenvalue weighted by molar-refractivity contribution is -0.133. The van der Waals surface area contributed by atoms with Crippen molar-refractivity contribution >= 4 is 15.9 Å². The van der Waals surface area contributed by atoms with Crippen LogP contribution in [-0.4, -0.2) is 70.0 Å². The number of fused-ring (bicyclic) bond motifs is 3. The standard InChI is InChI=1S/C16H22N2O5S/c1-11-6-14(4-5-15(11)22-3)24(20,21)18-7-12-9-23-10-13(8-18)17(2)16(12)19/h4-6,12-13H,7-10H2,1-3H3/t12-,13-/m0/s1. The van der Waals surface area contributed by atoms with Gasteiger partial charge in [-0.1, -0.05) is 0 Å². The van der Waals surface area contributed by atoms with E-state index < -0.39 is 15.9 Å². The minimum absolute atomic E-state index is 0.0545. The van der Waals surface area contributed by atoms with E-state index in [2.05, 4.69) is 0 Å². The average molecular weight is 354 g/mol. The van der Waals surface area contributed by atoms with Gasteiger partial charge < -0.3 is 14.4 Å². The number of ether oxygens (including phenoxy) is 2. The zero-order valence-corrected chi connectivity index (χ0v) is 14.9. The first-order valence-electron chi connectivity index (χ1n) is 7.84. The van der Waals surface area contributed by atoms with E-state index in [4.69, 9.17) is 9.47 Å². The maximum Gasteiger partial charge on any atom is 0.243 e. The third kappa shape index (κ3) is 2.89. The number of likely N-dealkylation sites (N-methyl/N-ethyl adjacent to an activating group) is 1. The third-order valence-electron chi connectivity index (χ3n) is 4.72. The highest BCUT2D eigenvalue weighted by atomic mass is 32.2. The SMILES string of the molecule is COc1ccc(S(=O)(=O)N2C[C@H]3COC[C@H](C2)N(C)C3=O)cc1C. The Labute approximate surface area is 142 Å². The summed E-state index contributed by atoms with van der Waals surface area (Å²) in [6.45, 7) is 2.80. The number of carbonyl (C=O) groups excluding carboxylic acids is 1. The number of rotatable bonds is 3. The molecule has 2 saturated heterocycles. The highest BCUT2D eigenvalue weighted by Gasteiger charge is 2.41. The third-order valence-corrected chi connectivity index (χ3v) is 6.54. The predicted molar refractivity (Wildman–Crippen MR) is 87.4 cm³/mol. The van der Waals surface area contributed by atoms with Gasteiger partial charge in [0.1, 0.15) is 5.75 Å². The average Bonchev–Trinajstić information content (AvgIpc) is 2.72. The smallest absolute Gasteiger partial charge is 0.243 e. The summed E-state index contributed by atoms with van der Waals surface area (Å²) < 4.78 is 38.2. The van der Waals surface area contributed by atoms with Crippen molar-refractivity contribution in [3.8, 4) is 5.75 Å². The molecule has 24 heavy (non-hydrogen) atoms. The Hall–Kier alpha value is -1.64. The number of benzene rings is 1. The van der Waals surface area contributed by atoms with Crippen LogP contribution in [-0.2, 0) is 19.6 Å². The van der Waals surface area contributed by atoms with E-state index in [9.17, 15) is 13.2 Å². The van der Waals surface area contributed by atoms with Gasteiger partial charge in [-0.15, -0.1) is 0 Å². The van der Waals surface area contributed by atoms with E-state index in [1.807, 2.05) is 0 Å². The van der Waals surface area contributed by atoms with Crippen LogP contribution in [0.5, 0.6) is 5.75 Å². The molecule has 3 rings (SSSR count). The first-order chi connectivity index (χ1) is 11.3. The molecule has 0 unspecified atom stereocenters. The monoisotopic (exact) mass is 354 g/mol. The second-order valence-electron chi connectivity index (χ2n) is 6.29. The van der Waals surface area contributed by atoms with Crippen molar-refractivity contribution in [3.63, 3.8) is 0 Å². The van der Waals surface area contributed by atoms with E-state index in [1.165, 1.54) is 4.31 Å². The fourth-order valence-electron chi connectivity index (χ4n) is 3.22. The van der Waals surface area contributed by atoms with E-state index in [1.54, 1.807) is 44.2 Å². The fraction of sp³-hybridized carbons (Fsp3) is 0.562. The summed E-state index contributed by atoms with van der Waals surface area (Å²) in [5.74, 6) is 0.128. The molecule has 0 aromatic heterocycles. The van der Waals surface area contributed by atoms with E-state index in [0.717, 1.165) is 5.56 Å². The Kier molecular flexibility index (Phi) is 4.54. The van der Waals surface area contributed by atoms with Crippen LogP contribution >= 0.6 is 0 Å². The van der Waals surface area contributed by atoms with E-state index in [0.29, 0.717) is 12.4 Å². The van der Waals surface area contributed by atoms with E-state index >= 15 is 0 Å². The van der Waals surface area contributed by atoms with Crippen molar-refractivity contribution < 1.29 is 22.7 Å². The molecule has 2 bridgehead atoms. The molecular formula is C16H22N2O5S. The molecule has 2 aliphatic rings. The molecule has 1 amide bonds. The maximum atomic E-state index is 13.1. The number of hydrogen-bond donors (Lipinski definition) is 0. The number of sulfonamides is 1. The summed E-state index contributed by atoms with van der Waals surface area (Å²) in [5.41, 5.74) is 0.755. The molecule has 132 valence electrons. The summed E-state index contributed by atoms with van der Waals surface area (Å²) in [6.07, 6.45) is 0. The van der Waals surface area contributed by atoms with Gasteiger partial charge in [0.25, 0.3) is 0 Å². The number of nitrogens with zero attached hydrogens (tertiary/aromatic N) is 2. The van der Waals surface area contributed by atoms with Gasteiger partial charge in [0, 0.05) is 20.1 Å². The Morgan fingerprint density at radius 1 is 1.25 bits per heavy atom. The molecule has 0 radical (unpaired) electrons. The van der Waals surface area contributed by atoms with Gasteiger partial charge in [0.2, 0.25) is 15.9 Å². The minimum Gasteiger partial charge on any atom is -0.496 e.